The number of hydrogen-bond donors (Lipinski definition) is 2. The SMILES string of the molecule is Cc1ccc(C)c(S(=O)(=O)NCCC(=O)Nc2cccc(C#N)c2)c1. The average molecular weight is 357 g/mol. The Hall–Kier alpha value is -2.69. The molecule has 0 atom stereocenters. The molecule has 0 aliphatic heterocycles. The van der Waals surface area contributed by atoms with Crippen LogP contribution >= 0.6 is 0 Å². The van der Waals surface area contributed by atoms with Crippen LogP contribution in [-0.4, -0.2) is 20.9 Å². The van der Waals surface area contributed by atoms with Gasteiger partial charge in [0.05, 0.1) is 16.5 Å². The molecule has 0 radical (unpaired) electrons. The average Bonchev–Trinajstić information content (AvgIpc) is 2.57. The summed E-state index contributed by atoms with van der Waals surface area (Å²) in [7, 11) is -3.67. The second kappa shape index (κ2) is 7.92. The van der Waals surface area contributed by atoms with Crippen LogP contribution in [0.5, 0.6) is 0 Å². The minimum Gasteiger partial charge on any atom is -0.326 e. The van der Waals surface area contributed by atoms with Gasteiger partial charge in [0.15, 0.2) is 0 Å². The van der Waals surface area contributed by atoms with Gasteiger partial charge in [-0.3, -0.25) is 4.79 Å². The number of benzene rings is 2. The molecule has 0 saturated carbocycles. The van der Waals surface area contributed by atoms with Crippen LogP contribution in [0.25, 0.3) is 0 Å². The number of nitrogens with one attached hydrogen (secondary N) is 2. The van der Waals surface area contributed by atoms with E-state index in [-0.39, 0.29) is 23.8 Å². The number of amides is 1. The van der Waals surface area contributed by atoms with E-state index in [0.717, 1.165) is 5.56 Å². The zero-order valence-electron chi connectivity index (χ0n) is 14.0. The lowest BCUT2D eigenvalue weighted by molar-refractivity contribution is -0.116. The van der Waals surface area contributed by atoms with Crippen LogP contribution in [0.2, 0.25) is 0 Å². The Labute approximate surface area is 147 Å². The van der Waals surface area contributed by atoms with E-state index in [1.54, 1.807) is 43.3 Å². The van der Waals surface area contributed by atoms with E-state index in [9.17, 15) is 13.2 Å². The number of hydrogen-bond acceptors (Lipinski definition) is 4. The van der Waals surface area contributed by atoms with Crippen LogP contribution in [0.15, 0.2) is 47.4 Å². The Balaban J connectivity index is 1.94. The molecule has 0 bridgehead atoms. The summed E-state index contributed by atoms with van der Waals surface area (Å²) in [5.41, 5.74) is 2.44. The van der Waals surface area contributed by atoms with Gasteiger partial charge in [0.1, 0.15) is 0 Å². The minimum absolute atomic E-state index is 0.0130. The predicted octanol–water partition coefficient (Wildman–Crippen LogP) is 2.48. The summed E-state index contributed by atoms with van der Waals surface area (Å²) in [5, 5.41) is 11.5. The highest BCUT2D eigenvalue weighted by molar-refractivity contribution is 7.89. The van der Waals surface area contributed by atoms with Crippen molar-refractivity contribution >= 4 is 21.6 Å². The summed E-state index contributed by atoms with van der Waals surface area (Å²) >= 11 is 0. The number of carbonyl (C=O) groups is 1. The smallest absolute Gasteiger partial charge is 0.240 e. The van der Waals surface area contributed by atoms with Crippen molar-refractivity contribution in [3.63, 3.8) is 0 Å². The summed E-state index contributed by atoms with van der Waals surface area (Å²) in [6.07, 6.45) is -0.0130. The van der Waals surface area contributed by atoms with Gasteiger partial charge < -0.3 is 5.32 Å². The van der Waals surface area contributed by atoms with Crippen LogP contribution in [0.3, 0.4) is 0 Å². The molecule has 0 unspecified atom stereocenters. The number of sulfonamides is 1. The number of carbonyl (C=O) groups excluding carboxylic acids is 1. The van der Waals surface area contributed by atoms with Crippen LogP contribution in [0.1, 0.15) is 23.1 Å². The van der Waals surface area contributed by atoms with Crippen molar-refractivity contribution in [1.29, 1.82) is 5.26 Å². The molecule has 0 aliphatic rings. The van der Waals surface area contributed by atoms with Crippen LogP contribution in [0.4, 0.5) is 5.69 Å². The summed E-state index contributed by atoms with van der Waals surface area (Å²) in [6, 6.07) is 13.7. The lowest BCUT2D eigenvalue weighted by Gasteiger charge is -2.10. The lowest BCUT2D eigenvalue weighted by atomic mass is 10.2. The fourth-order valence-corrected chi connectivity index (χ4v) is 3.62. The molecule has 0 fully saturated rings. The second-order valence-electron chi connectivity index (χ2n) is 5.66. The lowest BCUT2D eigenvalue weighted by Crippen LogP contribution is -2.28. The summed E-state index contributed by atoms with van der Waals surface area (Å²) in [4.78, 5) is 12.1. The van der Waals surface area contributed by atoms with E-state index in [4.69, 9.17) is 5.26 Å². The highest BCUT2D eigenvalue weighted by atomic mass is 32.2. The fourth-order valence-electron chi connectivity index (χ4n) is 2.26. The van der Waals surface area contributed by atoms with E-state index < -0.39 is 10.0 Å². The third kappa shape index (κ3) is 5.14. The Bertz CT molecular complexity index is 931. The van der Waals surface area contributed by atoms with E-state index >= 15 is 0 Å². The van der Waals surface area contributed by atoms with E-state index in [0.29, 0.717) is 16.8 Å². The third-order valence-electron chi connectivity index (χ3n) is 3.55. The number of rotatable bonds is 6. The Kier molecular flexibility index (Phi) is 5.91. The first-order valence-corrected chi connectivity index (χ1v) is 9.17. The van der Waals surface area contributed by atoms with Crippen molar-refractivity contribution < 1.29 is 13.2 Å². The van der Waals surface area contributed by atoms with Crippen LogP contribution in [-0.2, 0) is 14.8 Å². The molecule has 25 heavy (non-hydrogen) atoms. The molecule has 130 valence electrons. The number of anilines is 1. The molecule has 2 aromatic carbocycles. The summed E-state index contributed by atoms with van der Waals surface area (Å²) < 4.78 is 27.1. The Morgan fingerprint density at radius 2 is 1.92 bits per heavy atom. The van der Waals surface area contributed by atoms with E-state index in [1.165, 1.54) is 0 Å². The van der Waals surface area contributed by atoms with E-state index in [2.05, 4.69) is 10.0 Å². The molecular weight excluding hydrogens is 338 g/mol. The highest BCUT2D eigenvalue weighted by Crippen LogP contribution is 2.16. The van der Waals surface area contributed by atoms with Crippen LogP contribution in [0, 0.1) is 25.2 Å². The van der Waals surface area contributed by atoms with Crippen molar-refractivity contribution in [3.05, 3.63) is 59.2 Å². The van der Waals surface area contributed by atoms with Gasteiger partial charge in [-0.05, 0) is 49.2 Å². The monoisotopic (exact) mass is 357 g/mol. The van der Waals surface area contributed by atoms with Crippen molar-refractivity contribution in [1.82, 2.24) is 4.72 Å². The predicted molar refractivity (Wildman–Crippen MR) is 95.5 cm³/mol. The molecule has 0 aromatic heterocycles. The fraction of sp³-hybridized carbons (Fsp3) is 0.222. The maximum absolute atomic E-state index is 12.3. The maximum atomic E-state index is 12.3. The van der Waals surface area contributed by atoms with Gasteiger partial charge in [-0.15, -0.1) is 0 Å². The van der Waals surface area contributed by atoms with Gasteiger partial charge in [0.2, 0.25) is 15.9 Å². The zero-order chi connectivity index (χ0) is 18.4. The van der Waals surface area contributed by atoms with Crippen LogP contribution < -0.4 is 10.0 Å². The molecule has 0 saturated heterocycles. The minimum atomic E-state index is -3.67. The van der Waals surface area contributed by atoms with Gasteiger partial charge in [0, 0.05) is 18.7 Å². The van der Waals surface area contributed by atoms with Gasteiger partial charge in [-0.25, -0.2) is 13.1 Å². The van der Waals surface area contributed by atoms with Gasteiger partial charge in [-0.2, -0.15) is 5.26 Å². The Morgan fingerprint density at radius 3 is 2.64 bits per heavy atom. The first kappa shape index (κ1) is 18.6. The van der Waals surface area contributed by atoms with Crippen molar-refractivity contribution in [2.24, 2.45) is 0 Å². The molecule has 1 amide bonds. The third-order valence-corrected chi connectivity index (χ3v) is 5.16. The second-order valence-corrected chi connectivity index (χ2v) is 7.39. The number of aryl methyl sites for hydroxylation is 2. The highest BCUT2D eigenvalue weighted by Gasteiger charge is 2.17. The largest absolute Gasteiger partial charge is 0.326 e. The summed E-state index contributed by atoms with van der Waals surface area (Å²) in [5.74, 6) is -0.334. The number of nitriles is 1. The quantitative estimate of drug-likeness (QED) is 0.829. The molecule has 6 nitrogen and oxygen atoms in total. The van der Waals surface area contributed by atoms with Gasteiger partial charge >= 0.3 is 0 Å². The topological polar surface area (TPSA) is 99.1 Å². The Morgan fingerprint density at radius 1 is 1.16 bits per heavy atom. The van der Waals surface area contributed by atoms with Crippen molar-refractivity contribution in [2.45, 2.75) is 25.2 Å². The number of nitrogens with zero attached hydrogens (tertiary/aromatic N) is 1. The normalized spacial score (nSPS) is 10.9. The standard InChI is InChI=1S/C18H19N3O3S/c1-13-6-7-14(2)17(10-13)25(23,24)20-9-8-18(22)21-16-5-3-4-15(11-16)12-19/h3-7,10-11,20H,8-9H2,1-2H3,(H,21,22). The molecule has 0 spiro atoms. The summed E-state index contributed by atoms with van der Waals surface area (Å²) in [6.45, 7) is 3.53. The maximum Gasteiger partial charge on any atom is 0.240 e. The van der Waals surface area contributed by atoms with Gasteiger partial charge in [-0.1, -0.05) is 18.2 Å². The zero-order valence-corrected chi connectivity index (χ0v) is 14.9. The molecule has 2 aromatic rings. The van der Waals surface area contributed by atoms with Gasteiger partial charge in [0.25, 0.3) is 0 Å². The molecular formula is C18H19N3O3S. The molecule has 7 heteroatoms. The molecule has 0 aliphatic carbocycles. The van der Waals surface area contributed by atoms with Crippen molar-refractivity contribution in [2.75, 3.05) is 11.9 Å². The molecule has 2 N–H and O–H groups in total. The molecule has 2 rings (SSSR count). The first-order valence-electron chi connectivity index (χ1n) is 7.69. The molecule has 0 heterocycles. The van der Waals surface area contributed by atoms with E-state index in [1.807, 2.05) is 19.1 Å². The van der Waals surface area contributed by atoms with Crippen molar-refractivity contribution in [3.8, 4) is 6.07 Å². The first-order chi connectivity index (χ1) is 11.8.